The number of hydrogen-bond donors (Lipinski definition) is 0. The van der Waals surface area contributed by atoms with Crippen molar-refractivity contribution in [3.8, 4) is 34.5 Å². The van der Waals surface area contributed by atoms with Gasteiger partial charge in [0, 0.05) is 48.6 Å². The van der Waals surface area contributed by atoms with E-state index in [2.05, 4.69) is 33.8 Å². The SMILES string of the molecule is CCCCOc1ccc2c(c1)OCC([C@@H]1C=C(C(=O)Oc3cc(OCCCC)ccc3C(=O)Cc3ccc(OC)cc3OCCCC)C(OC)=CC1OCCCC)C2. The highest BCUT2D eigenvalue weighted by atomic mass is 16.5. The molecule has 2 aliphatic rings. The molecular formula is C48H62O10. The number of ketones is 1. The third-order valence-electron chi connectivity index (χ3n) is 10.5. The van der Waals surface area contributed by atoms with Gasteiger partial charge in [-0.3, -0.25) is 4.79 Å². The molecule has 3 aromatic rings. The second-order valence-electron chi connectivity index (χ2n) is 14.9. The lowest BCUT2D eigenvalue weighted by molar-refractivity contribution is -0.130. The number of rotatable bonds is 24. The van der Waals surface area contributed by atoms with Crippen LogP contribution in [0.1, 0.15) is 101 Å². The second-order valence-corrected chi connectivity index (χ2v) is 14.9. The summed E-state index contributed by atoms with van der Waals surface area (Å²) in [7, 11) is 3.12. The van der Waals surface area contributed by atoms with Gasteiger partial charge in [0.05, 0.1) is 57.9 Å². The van der Waals surface area contributed by atoms with Gasteiger partial charge in [-0.1, -0.05) is 71.6 Å². The van der Waals surface area contributed by atoms with Crippen LogP contribution < -0.4 is 28.4 Å². The van der Waals surface area contributed by atoms with Crippen LogP contribution >= 0.6 is 0 Å². The van der Waals surface area contributed by atoms with Gasteiger partial charge in [-0.25, -0.2) is 4.79 Å². The zero-order chi connectivity index (χ0) is 41.3. The highest BCUT2D eigenvalue weighted by molar-refractivity contribution is 6.02. The van der Waals surface area contributed by atoms with Crippen molar-refractivity contribution in [3.63, 3.8) is 0 Å². The summed E-state index contributed by atoms with van der Waals surface area (Å²) < 4.78 is 48.2. The Kier molecular flexibility index (Phi) is 17.4. The summed E-state index contributed by atoms with van der Waals surface area (Å²) in [5.74, 6) is 2.66. The summed E-state index contributed by atoms with van der Waals surface area (Å²) in [6.45, 7) is 11.1. The molecule has 10 nitrogen and oxygen atoms in total. The fourth-order valence-corrected chi connectivity index (χ4v) is 6.97. The molecule has 0 radical (unpaired) electrons. The van der Waals surface area contributed by atoms with E-state index in [1.54, 1.807) is 37.4 Å². The number of carbonyl (C=O) groups is 2. The minimum Gasteiger partial charge on any atom is -0.497 e. The third-order valence-corrected chi connectivity index (χ3v) is 10.5. The molecule has 0 spiro atoms. The summed E-state index contributed by atoms with van der Waals surface area (Å²) in [6, 6.07) is 16.5. The van der Waals surface area contributed by atoms with Crippen LogP contribution in [0, 0.1) is 11.8 Å². The van der Waals surface area contributed by atoms with E-state index in [4.69, 9.17) is 37.9 Å². The van der Waals surface area contributed by atoms with E-state index in [9.17, 15) is 9.59 Å². The monoisotopic (exact) mass is 798 g/mol. The number of esters is 1. The Morgan fingerprint density at radius 2 is 1.33 bits per heavy atom. The molecule has 1 aliphatic carbocycles. The molecule has 3 aromatic carbocycles. The standard InChI is InChI=1S/C48H62O10/c1-7-11-21-53-37-18-16-33-25-35(32-57-44(33)28-37)40-30-41(45(52-6)31-46(40)56-24-14-10-4)48(50)58-47-29-38(54-22-12-8-2)19-20-39(47)42(49)26-34-15-17-36(51-5)27-43(34)55-23-13-9-3/h15-20,27-31,35,40,46H,7-14,21-26,32H2,1-6H3/t35?,40-,46?/m0/s1. The Labute approximate surface area is 344 Å². The van der Waals surface area contributed by atoms with Gasteiger partial charge in [-0.05, 0) is 68.0 Å². The first-order valence-electron chi connectivity index (χ1n) is 21.1. The molecule has 5 rings (SSSR count). The number of methoxy groups -OCH3 is 2. The summed E-state index contributed by atoms with van der Waals surface area (Å²) in [5, 5.41) is 0. The van der Waals surface area contributed by atoms with E-state index in [1.807, 2.05) is 30.4 Å². The molecule has 1 aliphatic heterocycles. The number of hydrogen-bond acceptors (Lipinski definition) is 10. The molecule has 3 atom stereocenters. The average molecular weight is 799 g/mol. The highest BCUT2D eigenvalue weighted by Gasteiger charge is 2.38. The number of unbranched alkanes of at least 4 members (excludes halogenated alkanes) is 4. The quantitative estimate of drug-likeness (QED) is 0.0376. The number of benzene rings is 3. The van der Waals surface area contributed by atoms with Gasteiger partial charge in [0.15, 0.2) is 5.78 Å². The zero-order valence-corrected chi connectivity index (χ0v) is 35.3. The Morgan fingerprint density at radius 1 is 0.690 bits per heavy atom. The van der Waals surface area contributed by atoms with E-state index in [0.29, 0.717) is 61.6 Å². The average Bonchev–Trinajstić information content (AvgIpc) is 3.24. The van der Waals surface area contributed by atoms with Crippen molar-refractivity contribution in [3.05, 3.63) is 94.8 Å². The van der Waals surface area contributed by atoms with Crippen molar-refractivity contribution in [2.24, 2.45) is 11.8 Å². The molecule has 10 heteroatoms. The van der Waals surface area contributed by atoms with Gasteiger partial charge >= 0.3 is 5.97 Å². The first-order valence-corrected chi connectivity index (χ1v) is 21.1. The predicted octanol–water partition coefficient (Wildman–Crippen LogP) is 10.1. The van der Waals surface area contributed by atoms with E-state index >= 15 is 0 Å². The maximum atomic E-state index is 14.4. The van der Waals surface area contributed by atoms with Crippen LogP contribution in [0.2, 0.25) is 0 Å². The highest BCUT2D eigenvalue weighted by Crippen LogP contribution is 2.39. The topological polar surface area (TPSA) is 108 Å². The minimum atomic E-state index is -0.649. The van der Waals surface area contributed by atoms with Gasteiger partial charge in [0.1, 0.15) is 40.3 Å². The summed E-state index contributed by atoms with van der Waals surface area (Å²) >= 11 is 0. The van der Waals surface area contributed by atoms with Crippen molar-refractivity contribution in [1.29, 1.82) is 0 Å². The molecular weight excluding hydrogens is 737 g/mol. The Morgan fingerprint density at radius 3 is 2.02 bits per heavy atom. The lowest BCUT2D eigenvalue weighted by atomic mass is 9.78. The third kappa shape index (κ3) is 12.0. The Balaban J connectivity index is 1.43. The van der Waals surface area contributed by atoms with E-state index in [1.165, 1.54) is 7.11 Å². The van der Waals surface area contributed by atoms with Crippen molar-refractivity contribution in [2.45, 2.75) is 98.0 Å². The maximum absolute atomic E-state index is 14.4. The molecule has 0 saturated heterocycles. The van der Waals surface area contributed by atoms with Crippen LogP contribution in [0.15, 0.2) is 78.1 Å². The van der Waals surface area contributed by atoms with Crippen LogP contribution in [0.5, 0.6) is 34.5 Å². The fourth-order valence-electron chi connectivity index (χ4n) is 6.97. The zero-order valence-electron chi connectivity index (χ0n) is 35.3. The van der Waals surface area contributed by atoms with Crippen LogP contribution in [0.25, 0.3) is 0 Å². The number of carbonyl (C=O) groups excluding carboxylic acids is 2. The fraction of sp³-hybridized carbons (Fsp3) is 0.500. The van der Waals surface area contributed by atoms with Crippen LogP contribution in [0.4, 0.5) is 0 Å². The normalized spacial score (nSPS) is 17.2. The van der Waals surface area contributed by atoms with Crippen LogP contribution in [-0.2, 0) is 27.1 Å². The largest absolute Gasteiger partial charge is 0.497 e. The predicted molar refractivity (Wildman–Crippen MR) is 225 cm³/mol. The molecule has 0 N–H and O–H groups in total. The van der Waals surface area contributed by atoms with Crippen molar-refractivity contribution in [2.75, 3.05) is 47.3 Å². The molecule has 0 saturated carbocycles. The Hall–Kier alpha value is -4.96. The molecule has 2 unspecified atom stereocenters. The summed E-state index contributed by atoms with van der Waals surface area (Å²) in [5.41, 5.74) is 2.28. The summed E-state index contributed by atoms with van der Waals surface area (Å²) in [6.07, 6.45) is 11.8. The smallest absolute Gasteiger partial charge is 0.347 e. The molecule has 0 fully saturated rings. The number of ether oxygens (including phenoxy) is 8. The van der Waals surface area contributed by atoms with Crippen LogP contribution in [-0.4, -0.2) is 65.1 Å². The van der Waals surface area contributed by atoms with Crippen LogP contribution in [0.3, 0.4) is 0 Å². The minimum absolute atomic E-state index is 0.00545. The molecule has 1 heterocycles. The molecule has 0 amide bonds. The Bertz CT molecular complexity index is 1860. The molecule has 314 valence electrons. The van der Waals surface area contributed by atoms with E-state index in [0.717, 1.165) is 74.8 Å². The molecule has 58 heavy (non-hydrogen) atoms. The van der Waals surface area contributed by atoms with Gasteiger partial charge in [0.25, 0.3) is 0 Å². The van der Waals surface area contributed by atoms with Gasteiger partial charge in [-0.2, -0.15) is 0 Å². The first-order chi connectivity index (χ1) is 28.3. The van der Waals surface area contributed by atoms with Gasteiger partial charge in [-0.15, -0.1) is 0 Å². The van der Waals surface area contributed by atoms with Crippen molar-refractivity contribution in [1.82, 2.24) is 0 Å². The maximum Gasteiger partial charge on any atom is 0.347 e. The first kappa shape index (κ1) is 44.1. The van der Waals surface area contributed by atoms with E-state index in [-0.39, 0.29) is 47.0 Å². The second kappa shape index (κ2) is 22.8. The molecule has 0 aromatic heterocycles. The van der Waals surface area contributed by atoms with Gasteiger partial charge in [0.2, 0.25) is 0 Å². The van der Waals surface area contributed by atoms with Crippen molar-refractivity contribution < 1.29 is 47.5 Å². The summed E-state index contributed by atoms with van der Waals surface area (Å²) in [4.78, 5) is 28.5. The lowest BCUT2D eigenvalue weighted by Crippen LogP contribution is -2.38. The lowest BCUT2D eigenvalue weighted by Gasteiger charge is -2.36. The van der Waals surface area contributed by atoms with Crippen molar-refractivity contribution >= 4 is 11.8 Å². The van der Waals surface area contributed by atoms with E-state index < -0.39 is 5.97 Å². The number of Topliss-reactive ketones (excluding diaryl/α,β-unsaturated/α-hetero) is 1. The van der Waals surface area contributed by atoms with Gasteiger partial charge < -0.3 is 37.9 Å². The molecule has 0 bridgehead atoms. The number of fused-ring (bicyclic) bond motifs is 1.